The molecule has 3 heteroatoms. The van der Waals surface area contributed by atoms with Crippen LogP contribution in [0.25, 0.3) is 0 Å². The zero-order valence-electron chi connectivity index (χ0n) is 9.29. The fourth-order valence-electron chi connectivity index (χ4n) is 2.12. The van der Waals surface area contributed by atoms with Gasteiger partial charge in [-0.1, -0.05) is 23.7 Å². The van der Waals surface area contributed by atoms with Gasteiger partial charge in [-0.2, -0.15) is 11.8 Å². The third-order valence-corrected chi connectivity index (χ3v) is 4.55. The minimum absolute atomic E-state index is 0.249. The first-order valence-electron chi connectivity index (χ1n) is 5.78. The van der Waals surface area contributed by atoms with Gasteiger partial charge < -0.3 is 5.11 Å². The molecule has 0 amide bonds. The van der Waals surface area contributed by atoms with E-state index < -0.39 is 0 Å². The van der Waals surface area contributed by atoms with Crippen LogP contribution in [0.5, 0.6) is 0 Å². The number of aryl methyl sites for hydroxylation is 1. The van der Waals surface area contributed by atoms with Crippen molar-refractivity contribution in [1.29, 1.82) is 0 Å². The van der Waals surface area contributed by atoms with Crippen LogP contribution >= 0.6 is 23.4 Å². The summed E-state index contributed by atoms with van der Waals surface area (Å²) in [6.07, 6.45) is 2.98. The van der Waals surface area contributed by atoms with Gasteiger partial charge in [-0.05, 0) is 48.1 Å². The molecule has 1 aliphatic rings. The number of benzene rings is 1. The average molecular weight is 257 g/mol. The van der Waals surface area contributed by atoms with Crippen molar-refractivity contribution in [3.63, 3.8) is 0 Å². The summed E-state index contributed by atoms with van der Waals surface area (Å²) in [6, 6.07) is 6.39. The van der Waals surface area contributed by atoms with Crippen molar-refractivity contribution in [2.45, 2.75) is 25.2 Å². The minimum Gasteiger partial charge on any atom is -0.396 e. The van der Waals surface area contributed by atoms with E-state index >= 15 is 0 Å². The van der Waals surface area contributed by atoms with Crippen molar-refractivity contribution in [1.82, 2.24) is 0 Å². The average Bonchev–Trinajstić information content (AvgIpc) is 2.80. The van der Waals surface area contributed by atoms with E-state index in [0.717, 1.165) is 17.9 Å². The van der Waals surface area contributed by atoms with Gasteiger partial charge in [0.1, 0.15) is 0 Å². The molecule has 1 N–H and O–H groups in total. The lowest BCUT2D eigenvalue weighted by molar-refractivity contribution is 0.288. The number of halogens is 1. The second-order valence-electron chi connectivity index (χ2n) is 4.24. The number of rotatable bonds is 4. The van der Waals surface area contributed by atoms with Gasteiger partial charge in [0.2, 0.25) is 0 Å². The fraction of sp³-hybridized carbons (Fsp3) is 0.538. The Hall–Kier alpha value is -0.180. The van der Waals surface area contributed by atoms with E-state index in [2.05, 4.69) is 18.2 Å². The van der Waals surface area contributed by atoms with Crippen LogP contribution in [0.1, 0.15) is 29.9 Å². The maximum Gasteiger partial charge on any atom is 0.0443 e. The van der Waals surface area contributed by atoms with Crippen molar-refractivity contribution in [3.8, 4) is 0 Å². The predicted molar refractivity (Wildman–Crippen MR) is 71.5 cm³/mol. The van der Waals surface area contributed by atoms with Gasteiger partial charge in [-0.15, -0.1) is 0 Å². The highest BCUT2D eigenvalue weighted by atomic mass is 35.5. The number of hydrogen-bond acceptors (Lipinski definition) is 2. The van der Waals surface area contributed by atoms with Crippen LogP contribution < -0.4 is 0 Å². The smallest absolute Gasteiger partial charge is 0.0443 e. The molecule has 0 aliphatic carbocycles. The lowest BCUT2D eigenvalue weighted by Crippen LogP contribution is -1.98. The van der Waals surface area contributed by atoms with Gasteiger partial charge in [0.05, 0.1) is 0 Å². The second kappa shape index (κ2) is 5.95. The molecule has 1 aliphatic heterocycles. The summed E-state index contributed by atoms with van der Waals surface area (Å²) in [6.45, 7) is 0.249. The van der Waals surface area contributed by atoms with Crippen LogP contribution in [0, 0.1) is 0 Å². The lowest BCUT2D eigenvalue weighted by atomic mass is 9.96. The Morgan fingerprint density at radius 3 is 2.94 bits per heavy atom. The van der Waals surface area contributed by atoms with E-state index in [1.54, 1.807) is 0 Å². The van der Waals surface area contributed by atoms with Crippen molar-refractivity contribution < 1.29 is 5.11 Å². The van der Waals surface area contributed by atoms with E-state index in [1.807, 2.05) is 11.8 Å². The molecule has 0 spiro atoms. The highest BCUT2D eigenvalue weighted by Crippen LogP contribution is 2.36. The third kappa shape index (κ3) is 2.93. The van der Waals surface area contributed by atoms with E-state index in [0.29, 0.717) is 5.92 Å². The molecule has 88 valence electrons. The van der Waals surface area contributed by atoms with Crippen LogP contribution in [-0.4, -0.2) is 23.2 Å². The first-order chi connectivity index (χ1) is 7.81. The molecule has 0 radical (unpaired) electrons. The maximum absolute atomic E-state index is 8.79. The number of thioether (sulfide) groups is 1. The molecular formula is C13H17ClOS. The molecule has 1 saturated heterocycles. The highest BCUT2D eigenvalue weighted by molar-refractivity contribution is 7.99. The van der Waals surface area contributed by atoms with Crippen LogP contribution in [0.2, 0.25) is 5.02 Å². The zero-order chi connectivity index (χ0) is 11.4. The Morgan fingerprint density at radius 2 is 2.31 bits per heavy atom. The topological polar surface area (TPSA) is 20.2 Å². The monoisotopic (exact) mass is 256 g/mol. The SMILES string of the molecule is OCCCc1ccc(C2CCSC2)c(Cl)c1. The predicted octanol–water partition coefficient (Wildman–Crippen LogP) is 3.49. The first-order valence-corrected chi connectivity index (χ1v) is 7.31. The van der Waals surface area contributed by atoms with E-state index in [-0.39, 0.29) is 6.61 Å². The summed E-state index contributed by atoms with van der Waals surface area (Å²) >= 11 is 8.33. The quantitative estimate of drug-likeness (QED) is 0.890. The molecule has 1 aromatic rings. The summed E-state index contributed by atoms with van der Waals surface area (Å²) in [5, 5.41) is 9.69. The van der Waals surface area contributed by atoms with E-state index in [4.69, 9.17) is 16.7 Å². The molecule has 1 aromatic carbocycles. The normalized spacial score (nSPS) is 20.2. The number of hydrogen-bond donors (Lipinski definition) is 1. The molecule has 0 bridgehead atoms. The van der Waals surface area contributed by atoms with E-state index in [9.17, 15) is 0 Å². The summed E-state index contributed by atoms with van der Waals surface area (Å²) in [4.78, 5) is 0. The minimum atomic E-state index is 0.249. The molecule has 16 heavy (non-hydrogen) atoms. The molecule has 1 atom stereocenters. The molecular weight excluding hydrogens is 240 g/mol. The Labute approximate surface area is 106 Å². The Balaban J connectivity index is 2.09. The van der Waals surface area contributed by atoms with Crippen molar-refractivity contribution in [3.05, 3.63) is 34.3 Å². The van der Waals surface area contributed by atoms with Crippen LogP contribution in [0.15, 0.2) is 18.2 Å². The maximum atomic E-state index is 8.79. The summed E-state index contributed by atoms with van der Waals surface area (Å²) in [5.41, 5.74) is 2.54. The summed E-state index contributed by atoms with van der Waals surface area (Å²) < 4.78 is 0. The molecule has 0 saturated carbocycles. The van der Waals surface area contributed by atoms with Crippen molar-refractivity contribution in [2.75, 3.05) is 18.1 Å². The first kappa shape index (κ1) is 12.3. The van der Waals surface area contributed by atoms with Gasteiger partial charge in [-0.25, -0.2) is 0 Å². The van der Waals surface area contributed by atoms with Gasteiger partial charge in [0.15, 0.2) is 0 Å². The summed E-state index contributed by atoms with van der Waals surface area (Å²) in [7, 11) is 0. The van der Waals surface area contributed by atoms with Crippen LogP contribution in [-0.2, 0) is 6.42 Å². The highest BCUT2D eigenvalue weighted by Gasteiger charge is 2.19. The van der Waals surface area contributed by atoms with Gasteiger partial charge in [0.25, 0.3) is 0 Å². The zero-order valence-corrected chi connectivity index (χ0v) is 10.9. The number of aliphatic hydroxyl groups is 1. The Kier molecular flexibility index (Phi) is 4.56. The van der Waals surface area contributed by atoms with Gasteiger partial charge in [0, 0.05) is 17.4 Å². The molecule has 1 unspecified atom stereocenters. The van der Waals surface area contributed by atoms with Crippen LogP contribution in [0.4, 0.5) is 0 Å². The van der Waals surface area contributed by atoms with Crippen molar-refractivity contribution in [2.24, 2.45) is 0 Å². The number of aliphatic hydroxyl groups excluding tert-OH is 1. The van der Waals surface area contributed by atoms with Crippen molar-refractivity contribution >= 4 is 23.4 Å². The Morgan fingerprint density at radius 1 is 1.44 bits per heavy atom. The van der Waals surface area contributed by atoms with Gasteiger partial charge in [-0.3, -0.25) is 0 Å². The van der Waals surface area contributed by atoms with Gasteiger partial charge >= 0.3 is 0 Å². The molecule has 1 fully saturated rings. The van der Waals surface area contributed by atoms with Crippen LogP contribution in [0.3, 0.4) is 0 Å². The van der Waals surface area contributed by atoms with E-state index in [1.165, 1.54) is 29.1 Å². The molecule has 2 rings (SSSR count). The molecule has 0 aromatic heterocycles. The standard InChI is InChI=1S/C13H17ClOS/c14-13-8-10(2-1-6-15)3-4-12(13)11-5-7-16-9-11/h3-4,8,11,15H,1-2,5-7,9H2. The lowest BCUT2D eigenvalue weighted by Gasteiger charge is -2.12. The Bertz CT molecular complexity index is 348. The summed E-state index contributed by atoms with van der Waals surface area (Å²) in [5.74, 6) is 3.10. The third-order valence-electron chi connectivity index (χ3n) is 3.06. The fourth-order valence-corrected chi connectivity index (χ4v) is 3.73. The molecule has 1 heterocycles. The second-order valence-corrected chi connectivity index (χ2v) is 5.80. The molecule has 1 nitrogen and oxygen atoms in total. The largest absolute Gasteiger partial charge is 0.396 e.